The molecule has 0 heterocycles. The van der Waals surface area contributed by atoms with Gasteiger partial charge in [-0.1, -0.05) is 50.0 Å². The lowest BCUT2D eigenvalue weighted by atomic mass is 9.88. The second kappa shape index (κ2) is 6.31. The summed E-state index contributed by atoms with van der Waals surface area (Å²) in [5.74, 6) is 0. The quantitative estimate of drug-likeness (QED) is 0.600. The summed E-state index contributed by atoms with van der Waals surface area (Å²) in [6.07, 6.45) is 3.09. The van der Waals surface area contributed by atoms with E-state index in [4.69, 9.17) is 34.8 Å². The highest BCUT2D eigenvalue weighted by atomic mass is 35.5. The highest BCUT2D eigenvalue weighted by Crippen LogP contribution is 2.29. The van der Waals surface area contributed by atoms with Gasteiger partial charge in [-0.05, 0) is 42.4 Å². The molecule has 0 fully saturated rings. The summed E-state index contributed by atoms with van der Waals surface area (Å²) in [6, 6.07) is 5.81. The van der Waals surface area contributed by atoms with E-state index in [1.807, 2.05) is 18.2 Å². The second-order valence-corrected chi connectivity index (χ2v) is 6.82. The van der Waals surface area contributed by atoms with Gasteiger partial charge in [-0.15, -0.1) is 11.6 Å². The molecule has 0 aromatic heterocycles. The smallest absolute Gasteiger partial charge is 0.0595 e. The third kappa shape index (κ3) is 5.07. The number of rotatable bonds is 4. The van der Waals surface area contributed by atoms with Crippen LogP contribution in [0.1, 0.15) is 39.2 Å². The maximum Gasteiger partial charge on any atom is 0.0595 e. The molecule has 1 aromatic rings. The van der Waals surface area contributed by atoms with Gasteiger partial charge in [0.1, 0.15) is 0 Å². The number of benzene rings is 1. The molecule has 0 aliphatic rings. The Morgan fingerprint density at radius 2 is 1.76 bits per heavy atom. The van der Waals surface area contributed by atoms with Crippen molar-refractivity contribution in [2.24, 2.45) is 5.41 Å². The largest absolute Gasteiger partial charge is 0.122 e. The van der Waals surface area contributed by atoms with Gasteiger partial charge in [0.25, 0.3) is 0 Å². The lowest BCUT2D eigenvalue weighted by molar-refractivity contribution is 0.369. The first-order valence-corrected chi connectivity index (χ1v) is 7.08. The standard InChI is InChI=1S/C14H19Cl3/c1-14(2,3)13(17)6-4-5-10-7-8-11(15)12(16)9-10/h7-9,13H,4-6H2,1-3H3. The van der Waals surface area contributed by atoms with Crippen LogP contribution in [0.5, 0.6) is 0 Å². The van der Waals surface area contributed by atoms with Crippen molar-refractivity contribution in [3.63, 3.8) is 0 Å². The lowest BCUT2D eigenvalue weighted by Gasteiger charge is -2.24. The normalized spacial score (nSPS) is 13.8. The third-order valence-electron chi connectivity index (χ3n) is 2.85. The van der Waals surface area contributed by atoms with E-state index in [-0.39, 0.29) is 10.8 Å². The van der Waals surface area contributed by atoms with Crippen LogP contribution in [0, 0.1) is 5.41 Å². The van der Waals surface area contributed by atoms with E-state index >= 15 is 0 Å². The van der Waals surface area contributed by atoms with Gasteiger partial charge in [0.15, 0.2) is 0 Å². The van der Waals surface area contributed by atoms with Crippen LogP contribution in [0.15, 0.2) is 18.2 Å². The zero-order valence-corrected chi connectivity index (χ0v) is 12.8. The summed E-state index contributed by atoms with van der Waals surface area (Å²) in [5.41, 5.74) is 1.39. The van der Waals surface area contributed by atoms with E-state index in [1.54, 1.807) is 0 Å². The molecule has 0 nitrogen and oxygen atoms in total. The molecule has 0 amide bonds. The van der Waals surface area contributed by atoms with Gasteiger partial charge >= 0.3 is 0 Å². The summed E-state index contributed by atoms with van der Waals surface area (Å²) in [5, 5.41) is 1.45. The van der Waals surface area contributed by atoms with E-state index in [9.17, 15) is 0 Å². The number of hydrogen-bond donors (Lipinski definition) is 0. The van der Waals surface area contributed by atoms with Crippen molar-refractivity contribution in [1.82, 2.24) is 0 Å². The first-order valence-electron chi connectivity index (χ1n) is 5.88. The van der Waals surface area contributed by atoms with Gasteiger partial charge in [-0.25, -0.2) is 0 Å². The molecule has 0 bridgehead atoms. The predicted octanol–water partition coefficient (Wildman–Crippen LogP) is 5.97. The third-order valence-corrected chi connectivity index (χ3v) is 4.46. The number of aryl methyl sites for hydroxylation is 1. The van der Waals surface area contributed by atoms with Gasteiger partial charge in [-0.3, -0.25) is 0 Å². The molecular formula is C14H19Cl3. The minimum atomic E-state index is 0.166. The fraction of sp³-hybridized carbons (Fsp3) is 0.571. The van der Waals surface area contributed by atoms with Gasteiger partial charge < -0.3 is 0 Å². The van der Waals surface area contributed by atoms with E-state index < -0.39 is 0 Å². The van der Waals surface area contributed by atoms with Gasteiger partial charge in [0, 0.05) is 5.38 Å². The van der Waals surface area contributed by atoms with Crippen LogP contribution in [0.4, 0.5) is 0 Å². The highest BCUT2D eigenvalue weighted by molar-refractivity contribution is 6.42. The molecule has 0 aliphatic heterocycles. The Labute approximate surface area is 119 Å². The number of halogens is 3. The van der Waals surface area contributed by atoms with Crippen LogP contribution in [0.2, 0.25) is 10.0 Å². The van der Waals surface area contributed by atoms with Crippen LogP contribution in [-0.2, 0) is 6.42 Å². The van der Waals surface area contributed by atoms with Crippen molar-refractivity contribution < 1.29 is 0 Å². The molecule has 0 spiro atoms. The van der Waals surface area contributed by atoms with Crippen molar-refractivity contribution >= 4 is 34.8 Å². The van der Waals surface area contributed by atoms with Crippen LogP contribution in [0.25, 0.3) is 0 Å². The zero-order chi connectivity index (χ0) is 13.1. The fourth-order valence-electron chi connectivity index (χ4n) is 1.61. The molecule has 1 aromatic carbocycles. The minimum absolute atomic E-state index is 0.166. The predicted molar refractivity (Wildman–Crippen MR) is 78.5 cm³/mol. The summed E-state index contributed by atoms with van der Waals surface area (Å²) in [7, 11) is 0. The molecular weight excluding hydrogens is 275 g/mol. The molecule has 1 atom stereocenters. The van der Waals surface area contributed by atoms with E-state index in [1.165, 1.54) is 5.56 Å². The van der Waals surface area contributed by atoms with E-state index in [2.05, 4.69) is 20.8 Å². The molecule has 0 N–H and O–H groups in total. The van der Waals surface area contributed by atoms with Crippen LogP contribution in [-0.4, -0.2) is 5.38 Å². The van der Waals surface area contributed by atoms with Gasteiger partial charge in [0.05, 0.1) is 10.0 Å². The Morgan fingerprint density at radius 1 is 1.12 bits per heavy atom. The molecule has 3 heteroatoms. The average Bonchev–Trinajstić information content (AvgIpc) is 2.22. The average molecular weight is 294 g/mol. The van der Waals surface area contributed by atoms with E-state index in [0.29, 0.717) is 10.0 Å². The van der Waals surface area contributed by atoms with Crippen molar-refractivity contribution in [3.8, 4) is 0 Å². The summed E-state index contributed by atoms with van der Waals surface area (Å²) >= 11 is 18.2. The zero-order valence-electron chi connectivity index (χ0n) is 10.6. The maximum absolute atomic E-state index is 6.33. The number of hydrogen-bond acceptors (Lipinski definition) is 0. The molecule has 0 saturated carbocycles. The number of alkyl halides is 1. The van der Waals surface area contributed by atoms with Crippen molar-refractivity contribution in [2.75, 3.05) is 0 Å². The Kier molecular flexibility index (Phi) is 5.63. The molecule has 0 aliphatic carbocycles. The topological polar surface area (TPSA) is 0 Å². The molecule has 1 rings (SSSR count). The first-order chi connectivity index (χ1) is 7.80. The van der Waals surface area contributed by atoms with Crippen LogP contribution in [0.3, 0.4) is 0 Å². The van der Waals surface area contributed by atoms with Crippen LogP contribution >= 0.6 is 34.8 Å². The molecule has 0 radical (unpaired) electrons. The highest BCUT2D eigenvalue weighted by Gasteiger charge is 2.21. The monoisotopic (exact) mass is 292 g/mol. The van der Waals surface area contributed by atoms with Crippen molar-refractivity contribution in [3.05, 3.63) is 33.8 Å². The van der Waals surface area contributed by atoms with Crippen LogP contribution < -0.4 is 0 Å². The molecule has 17 heavy (non-hydrogen) atoms. The van der Waals surface area contributed by atoms with E-state index in [0.717, 1.165) is 19.3 Å². The van der Waals surface area contributed by atoms with Gasteiger partial charge in [0.2, 0.25) is 0 Å². The summed E-state index contributed by atoms with van der Waals surface area (Å²) in [6.45, 7) is 6.51. The second-order valence-electron chi connectivity index (χ2n) is 5.47. The summed E-state index contributed by atoms with van der Waals surface area (Å²) in [4.78, 5) is 0. The SMILES string of the molecule is CC(C)(C)C(Cl)CCCc1ccc(Cl)c(Cl)c1. The first kappa shape index (κ1) is 15.1. The maximum atomic E-state index is 6.33. The Bertz CT molecular complexity index is 366. The van der Waals surface area contributed by atoms with Gasteiger partial charge in [-0.2, -0.15) is 0 Å². The molecule has 0 saturated heterocycles. The summed E-state index contributed by atoms with van der Waals surface area (Å²) < 4.78 is 0. The minimum Gasteiger partial charge on any atom is -0.122 e. The Hall–Kier alpha value is 0.0900. The Morgan fingerprint density at radius 3 is 2.29 bits per heavy atom. The molecule has 1 unspecified atom stereocenters. The Balaban J connectivity index is 2.44. The fourth-order valence-corrected chi connectivity index (χ4v) is 2.09. The molecule has 96 valence electrons. The van der Waals surface area contributed by atoms with Crippen molar-refractivity contribution in [2.45, 2.75) is 45.4 Å². The van der Waals surface area contributed by atoms with Crippen molar-refractivity contribution in [1.29, 1.82) is 0 Å². The lowest BCUT2D eigenvalue weighted by Crippen LogP contribution is -2.20.